The lowest BCUT2D eigenvalue weighted by Crippen LogP contribution is -2.41. The summed E-state index contributed by atoms with van der Waals surface area (Å²) >= 11 is 0. The van der Waals surface area contributed by atoms with Crippen molar-refractivity contribution >= 4 is 16.8 Å². The van der Waals surface area contributed by atoms with Crippen molar-refractivity contribution in [2.75, 3.05) is 6.61 Å². The van der Waals surface area contributed by atoms with E-state index in [0.717, 1.165) is 35.8 Å². The number of fused-ring (bicyclic) bond motifs is 1. The third kappa shape index (κ3) is 2.08. The number of ether oxygens (including phenoxy) is 1. The zero-order chi connectivity index (χ0) is 13.5. The first-order valence-electron chi connectivity index (χ1n) is 6.78. The third-order valence-electron chi connectivity index (χ3n) is 3.91. The van der Waals surface area contributed by atoms with E-state index in [1.807, 2.05) is 38.1 Å². The summed E-state index contributed by atoms with van der Waals surface area (Å²) in [6, 6.07) is 7.75. The topological polar surface area (TPSA) is 39.4 Å². The number of Topliss-reactive ketones (excluding diaryl/α,β-unsaturated/α-hetero) is 1. The van der Waals surface area contributed by atoms with Crippen molar-refractivity contribution in [2.45, 2.75) is 38.7 Å². The Morgan fingerprint density at radius 1 is 1.32 bits per heavy atom. The molecular formula is C16H18O3. The van der Waals surface area contributed by atoms with Crippen molar-refractivity contribution in [2.24, 2.45) is 0 Å². The average molecular weight is 258 g/mol. The number of carbonyl (C=O) groups is 1. The summed E-state index contributed by atoms with van der Waals surface area (Å²) in [7, 11) is 0. The van der Waals surface area contributed by atoms with Gasteiger partial charge in [-0.2, -0.15) is 0 Å². The zero-order valence-electron chi connectivity index (χ0n) is 11.4. The van der Waals surface area contributed by atoms with Gasteiger partial charge >= 0.3 is 0 Å². The van der Waals surface area contributed by atoms with E-state index in [-0.39, 0.29) is 5.78 Å². The summed E-state index contributed by atoms with van der Waals surface area (Å²) in [6.45, 7) is 4.51. The second-order valence-corrected chi connectivity index (χ2v) is 5.47. The monoisotopic (exact) mass is 258 g/mol. The second-order valence-electron chi connectivity index (χ2n) is 5.47. The van der Waals surface area contributed by atoms with Gasteiger partial charge < -0.3 is 9.15 Å². The van der Waals surface area contributed by atoms with Gasteiger partial charge in [-0.3, -0.25) is 4.79 Å². The van der Waals surface area contributed by atoms with Crippen LogP contribution in [-0.2, 0) is 4.74 Å². The molecule has 0 radical (unpaired) electrons. The van der Waals surface area contributed by atoms with Gasteiger partial charge in [-0.1, -0.05) is 18.2 Å². The van der Waals surface area contributed by atoms with Crippen LogP contribution in [0, 0.1) is 6.92 Å². The molecule has 0 aliphatic carbocycles. The van der Waals surface area contributed by atoms with Crippen LogP contribution >= 0.6 is 0 Å². The summed E-state index contributed by atoms with van der Waals surface area (Å²) in [5.41, 5.74) is 1.12. The highest BCUT2D eigenvalue weighted by Crippen LogP contribution is 2.31. The molecule has 0 N–H and O–H groups in total. The number of furan rings is 1. The summed E-state index contributed by atoms with van der Waals surface area (Å²) in [4.78, 5) is 12.6. The van der Waals surface area contributed by atoms with E-state index >= 15 is 0 Å². The molecule has 0 bridgehead atoms. The SMILES string of the molecule is Cc1cccc2cc(C(=O)C3(C)CCCCO3)oc12. The van der Waals surface area contributed by atoms with Crippen molar-refractivity contribution < 1.29 is 13.9 Å². The predicted molar refractivity (Wildman–Crippen MR) is 73.5 cm³/mol. The van der Waals surface area contributed by atoms with Crippen LogP contribution in [0.1, 0.15) is 42.3 Å². The number of benzene rings is 1. The number of ketones is 1. The Morgan fingerprint density at radius 2 is 2.16 bits per heavy atom. The maximum absolute atomic E-state index is 12.6. The molecule has 1 atom stereocenters. The number of carbonyl (C=O) groups excluding carboxylic acids is 1. The Bertz CT molecular complexity index is 618. The minimum Gasteiger partial charge on any atom is -0.453 e. The van der Waals surface area contributed by atoms with Crippen molar-refractivity contribution in [1.82, 2.24) is 0 Å². The standard InChI is InChI=1S/C16H18O3/c1-11-6-5-7-12-10-13(19-14(11)12)15(17)16(2)8-3-4-9-18-16/h5-7,10H,3-4,8-9H2,1-2H3. The van der Waals surface area contributed by atoms with Crippen molar-refractivity contribution in [3.05, 3.63) is 35.6 Å². The van der Waals surface area contributed by atoms with Gasteiger partial charge in [0, 0.05) is 12.0 Å². The first-order chi connectivity index (χ1) is 9.10. The highest BCUT2D eigenvalue weighted by Gasteiger charge is 2.38. The minimum atomic E-state index is -0.722. The molecule has 3 rings (SSSR count). The number of rotatable bonds is 2. The maximum Gasteiger partial charge on any atom is 0.229 e. The van der Waals surface area contributed by atoms with Gasteiger partial charge in [0.1, 0.15) is 11.2 Å². The van der Waals surface area contributed by atoms with Crippen LogP contribution in [-0.4, -0.2) is 18.0 Å². The molecule has 0 amide bonds. The predicted octanol–water partition coefficient (Wildman–Crippen LogP) is 3.88. The van der Waals surface area contributed by atoms with Crippen LogP contribution in [0.4, 0.5) is 0 Å². The summed E-state index contributed by atoms with van der Waals surface area (Å²) < 4.78 is 11.4. The fourth-order valence-electron chi connectivity index (χ4n) is 2.69. The van der Waals surface area contributed by atoms with Crippen LogP contribution in [0.25, 0.3) is 11.0 Å². The van der Waals surface area contributed by atoms with E-state index in [9.17, 15) is 4.79 Å². The van der Waals surface area contributed by atoms with Gasteiger partial charge in [0.15, 0.2) is 5.76 Å². The lowest BCUT2D eigenvalue weighted by atomic mass is 9.90. The van der Waals surface area contributed by atoms with Crippen LogP contribution in [0.5, 0.6) is 0 Å². The highest BCUT2D eigenvalue weighted by molar-refractivity contribution is 6.03. The molecule has 3 heteroatoms. The fraction of sp³-hybridized carbons (Fsp3) is 0.438. The maximum atomic E-state index is 12.6. The zero-order valence-corrected chi connectivity index (χ0v) is 11.4. The normalized spacial score (nSPS) is 23.7. The average Bonchev–Trinajstić information content (AvgIpc) is 2.84. The molecule has 1 aliphatic rings. The van der Waals surface area contributed by atoms with Crippen LogP contribution < -0.4 is 0 Å². The molecule has 0 saturated carbocycles. The molecule has 3 nitrogen and oxygen atoms in total. The highest BCUT2D eigenvalue weighted by atomic mass is 16.5. The minimum absolute atomic E-state index is 0.0391. The third-order valence-corrected chi connectivity index (χ3v) is 3.91. The first kappa shape index (κ1) is 12.4. The fourth-order valence-corrected chi connectivity index (χ4v) is 2.69. The van der Waals surface area contributed by atoms with E-state index in [2.05, 4.69) is 0 Å². The van der Waals surface area contributed by atoms with E-state index in [4.69, 9.17) is 9.15 Å². The Morgan fingerprint density at radius 3 is 2.84 bits per heavy atom. The number of hydrogen-bond acceptors (Lipinski definition) is 3. The van der Waals surface area contributed by atoms with Crippen molar-refractivity contribution in [1.29, 1.82) is 0 Å². The molecule has 1 saturated heterocycles. The summed E-state index contributed by atoms with van der Waals surface area (Å²) in [6.07, 6.45) is 2.82. The number of aryl methyl sites for hydroxylation is 1. The molecule has 1 unspecified atom stereocenters. The molecule has 1 aromatic carbocycles. The summed E-state index contributed by atoms with van der Waals surface area (Å²) in [5, 5.41) is 0.975. The molecule has 1 aromatic heterocycles. The van der Waals surface area contributed by atoms with Gasteiger partial charge in [0.25, 0.3) is 0 Å². The number of hydrogen-bond donors (Lipinski definition) is 0. The number of para-hydroxylation sites is 1. The lowest BCUT2D eigenvalue weighted by Gasteiger charge is -2.31. The molecule has 2 heterocycles. The van der Waals surface area contributed by atoms with Crippen LogP contribution in [0.15, 0.2) is 28.7 Å². The molecule has 2 aromatic rings. The lowest BCUT2D eigenvalue weighted by molar-refractivity contribution is -0.0439. The van der Waals surface area contributed by atoms with Gasteiger partial charge in [0.2, 0.25) is 5.78 Å². The van der Waals surface area contributed by atoms with E-state index < -0.39 is 5.60 Å². The van der Waals surface area contributed by atoms with E-state index in [0.29, 0.717) is 12.4 Å². The van der Waals surface area contributed by atoms with E-state index in [1.54, 1.807) is 0 Å². The molecular weight excluding hydrogens is 240 g/mol. The van der Waals surface area contributed by atoms with Gasteiger partial charge in [-0.25, -0.2) is 0 Å². The smallest absolute Gasteiger partial charge is 0.229 e. The Kier molecular flexibility index (Phi) is 2.94. The molecule has 1 fully saturated rings. The van der Waals surface area contributed by atoms with Gasteiger partial charge in [0.05, 0.1) is 0 Å². The second kappa shape index (κ2) is 4.49. The summed E-state index contributed by atoms with van der Waals surface area (Å²) in [5.74, 6) is 0.372. The Hall–Kier alpha value is -1.61. The van der Waals surface area contributed by atoms with Crippen molar-refractivity contribution in [3.63, 3.8) is 0 Å². The quantitative estimate of drug-likeness (QED) is 0.767. The molecule has 19 heavy (non-hydrogen) atoms. The Labute approximate surface area is 112 Å². The van der Waals surface area contributed by atoms with Crippen LogP contribution in [0.3, 0.4) is 0 Å². The van der Waals surface area contributed by atoms with Gasteiger partial charge in [-0.15, -0.1) is 0 Å². The first-order valence-corrected chi connectivity index (χ1v) is 6.78. The molecule has 100 valence electrons. The molecule has 1 aliphatic heterocycles. The molecule has 0 spiro atoms. The van der Waals surface area contributed by atoms with Gasteiger partial charge in [-0.05, 0) is 44.7 Å². The van der Waals surface area contributed by atoms with E-state index in [1.165, 1.54) is 0 Å². The van der Waals surface area contributed by atoms with Crippen molar-refractivity contribution in [3.8, 4) is 0 Å². The Balaban J connectivity index is 1.99. The van der Waals surface area contributed by atoms with Crippen LogP contribution in [0.2, 0.25) is 0 Å². The largest absolute Gasteiger partial charge is 0.453 e.